The molecule has 1 aromatic rings. The van der Waals surface area contributed by atoms with Crippen molar-refractivity contribution < 1.29 is 29.6 Å². The molecule has 1 fully saturated rings. The van der Waals surface area contributed by atoms with Crippen LogP contribution in [-0.2, 0) is 0 Å². The summed E-state index contributed by atoms with van der Waals surface area (Å²) in [4.78, 5) is 0. The van der Waals surface area contributed by atoms with Gasteiger partial charge in [-0.1, -0.05) is 25.1 Å². The predicted molar refractivity (Wildman–Crippen MR) is 70.8 cm³/mol. The van der Waals surface area contributed by atoms with Crippen LogP contribution in [0.25, 0.3) is 0 Å². The van der Waals surface area contributed by atoms with E-state index in [9.17, 15) is 0 Å². The molecule has 1 saturated heterocycles. The van der Waals surface area contributed by atoms with Gasteiger partial charge < -0.3 is 13.7 Å². The first-order chi connectivity index (χ1) is 7.16. The molecule has 2 unspecified atom stereocenters. The zero-order valence-electron chi connectivity index (χ0n) is 11.6. The summed E-state index contributed by atoms with van der Waals surface area (Å²) in [5.41, 5.74) is 4.26. The molecule has 86 valence electrons. The maximum absolute atomic E-state index is 3.63. The summed E-state index contributed by atoms with van der Waals surface area (Å²) in [6.07, 6.45) is 2.63. The quantitative estimate of drug-likeness (QED) is 0.677. The molecule has 0 aromatic heterocycles. The van der Waals surface area contributed by atoms with Gasteiger partial charge in [-0.15, -0.1) is 0 Å². The van der Waals surface area contributed by atoms with Crippen LogP contribution in [0.5, 0.6) is 0 Å². The van der Waals surface area contributed by atoms with Crippen LogP contribution in [0.2, 0.25) is 0 Å². The van der Waals surface area contributed by atoms with Crippen molar-refractivity contribution in [3.05, 3.63) is 34.9 Å². The van der Waals surface area contributed by atoms with Gasteiger partial charge in [0.05, 0.1) is 0 Å². The second-order valence-corrected chi connectivity index (χ2v) is 4.99. The first-order valence-electron chi connectivity index (χ1n) is 5.97. The Bertz CT molecular complexity index is 346. The van der Waals surface area contributed by atoms with Crippen molar-refractivity contribution in [3.8, 4) is 0 Å². The fourth-order valence-corrected chi connectivity index (χ4v) is 2.26. The number of piperidine rings is 1. The van der Waals surface area contributed by atoms with Crippen LogP contribution in [0.1, 0.15) is 42.5 Å². The van der Waals surface area contributed by atoms with Gasteiger partial charge in [0, 0.05) is 6.04 Å². The summed E-state index contributed by atoms with van der Waals surface area (Å²) in [5, 5.41) is 3.63. The number of nitrogens with one attached hydrogen (secondary N) is 1. The van der Waals surface area contributed by atoms with Crippen LogP contribution in [0.3, 0.4) is 0 Å². The van der Waals surface area contributed by atoms with E-state index in [1.807, 2.05) is 0 Å². The van der Waals surface area contributed by atoms with Crippen LogP contribution in [0.15, 0.2) is 18.2 Å². The minimum atomic E-state index is 0. The van der Waals surface area contributed by atoms with E-state index in [0.29, 0.717) is 6.04 Å². The molecule has 1 aromatic carbocycles. The van der Waals surface area contributed by atoms with Gasteiger partial charge in [-0.05, 0) is 55.8 Å². The molecule has 0 aliphatic carbocycles. The van der Waals surface area contributed by atoms with Crippen LogP contribution < -0.4 is 34.9 Å². The fraction of sp³-hybridized carbons (Fsp3) is 0.571. The molecule has 1 N–H and O–H groups in total. The molecule has 2 rings (SSSR count). The van der Waals surface area contributed by atoms with Crippen molar-refractivity contribution in [1.82, 2.24) is 5.32 Å². The maximum Gasteiger partial charge on any atom is 1.00 e. The molecule has 1 aliphatic heterocycles. The third-order valence-electron chi connectivity index (χ3n) is 3.59. The summed E-state index contributed by atoms with van der Waals surface area (Å²) in [7, 11) is 0. The average Bonchev–Trinajstić information content (AvgIpc) is 2.23. The Kier molecular flexibility index (Phi) is 7.74. The van der Waals surface area contributed by atoms with Gasteiger partial charge in [-0.3, -0.25) is 0 Å². The zero-order valence-corrected chi connectivity index (χ0v) is 13.6. The molecule has 0 spiro atoms. The Morgan fingerprint density at radius 1 is 1.12 bits per heavy atom. The minimum Gasteiger partial charge on any atom is -1.00 e. The fourth-order valence-electron chi connectivity index (χ4n) is 2.26. The standard InChI is InChI=1S/C14H21N.B.Na/c1-10-4-7-14(15-9-10)13-6-5-11(2)12(3)8-13;;/h5-6,8,10,14-15H,4,7,9H2,1-3H3;;/q;-1;+1. The van der Waals surface area contributed by atoms with Crippen molar-refractivity contribution in [2.24, 2.45) is 5.92 Å². The molecular weight excluding hydrogens is 216 g/mol. The number of benzene rings is 1. The van der Waals surface area contributed by atoms with E-state index in [4.69, 9.17) is 0 Å². The average molecular weight is 237 g/mol. The van der Waals surface area contributed by atoms with Crippen molar-refractivity contribution in [2.45, 2.75) is 39.7 Å². The van der Waals surface area contributed by atoms with Crippen molar-refractivity contribution in [3.63, 3.8) is 0 Å². The van der Waals surface area contributed by atoms with Gasteiger partial charge in [-0.25, -0.2) is 0 Å². The molecule has 1 nitrogen and oxygen atoms in total. The maximum atomic E-state index is 3.63. The van der Waals surface area contributed by atoms with E-state index in [1.165, 1.54) is 29.5 Å². The van der Waals surface area contributed by atoms with Crippen LogP contribution in [0, 0.1) is 19.8 Å². The molecule has 17 heavy (non-hydrogen) atoms. The third kappa shape index (κ3) is 4.44. The normalized spacial score (nSPS) is 23.5. The Labute approximate surface area is 130 Å². The smallest absolute Gasteiger partial charge is 1.00 e. The van der Waals surface area contributed by atoms with E-state index in [0.717, 1.165) is 12.5 Å². The summed E-state index contributed by atoms with van der Waals surface area (Å²) in [6.45, 7) is 7.86. The third-order valence-corrected chi connectivity index (χ3v) is 3.59. The Morgan fingerprint density at radius 3 is 2.35 bits per heavy atom. The van der Waals surface area contributed by atoms with Crippen molar-refractivity contribution in [1.29, 1.82) is 0 Å². The molecule has 1 heterocycles. The van der Waals surface area contributed by atoms with Gasteiger partial charge in [0.25, 0.3) is 0 Å². The molecule has 0 amide bonds. The Hall–Kier alpha value is 0.245. The summed E-state index contributed by atoms with van der Waals surface area (Å²) < 4.78 is 0. The molecule has 2 atom stereocenters. The van der Waals surface area contributed by atoms with Crippen LogP contribution in [0.4, 0.5) is 0 Å². The van der Waals surface area contributed by atoms with Crippen molar-refractivity contribution in [2.75, 3.05) is 6.54 Å². The van der Waals surface area contributed by atoms with Gasteiger partial charge >= 0.3 is 29.6 Å². The molecule has 4 radical (unpaired) electrons. The van der Waals surface area contributed by atoms with Gasteiger partial charge in [0.15, 0.2) is 0 Å². The second kappa shape index (κ2) is 7.63. The van der Waals surface area contributed by atoms with E-state index in [-0.39, 0.29) is 38.0 Å². The monoisotopic (exact) mass is 237 g/mol. The predicted octanol–water partition coefficient (Wildman–Crippen LogP) is -0.0128. The first kappa shape index (κ1) is 17.2. The van der Waals surface area contributed by atoms with Crippen molar-refractivity contribution >= 4 is 8.41 Å². The number of hydrogen-bond acceptors (Lipinski definition) is 1. The summed E-state index contributed by atoms with van der Waals surface area (Å²) >= 11 is 0. The first-order valence-corrected chi connectivity index (χ1v) is 5.97. The van der Waals surface area contributed by atoms with Crippen LogP contribution >= 0.6 is 0 Å². The van der Waals surface area contributed by atoms with Gasteiger partial charge in [-0.2, -0.15) is 0 Å². The largest absolute Gasteiger partial charge is 1.00 e. The van der Waals surface area contributed by atoms with E-state index >= 15 is 0 Å². The molecular formula is C14H21BNNa. The summed E-state index contributed by atoms with van der Waals surface area (Å²) in [6, 6.07) is 7.43. The topological polar surface area (TPSA) is 12.0 Å². The van der Waals surface area contributed by atoms with Gasteiger partial charge in [0.2, 0.25) is 0 Å². The Balaban J connectivity index is 0.00000128. The molecule has 1 aliphatic rings. The molecule has 3 heteroatoms. The summed E-state index contributed by atoms with van der Waals surface area (Å²) in [5.74, 6) is 0.841. The zero-order chi connectivity index (χ0) is 10.8. The number of rotatable bonds is 1. The SMILES string of the molecule is Cc1ccc(C2CCC(C)CN2)cc1C.[B-].[Na+]. The second-order valence-electron chi connectivity index (χ2n) is 4.99. The van der Waals surface area contributed by atoms with Crippen LogP contribution in [-0.4, -0.2) is 15.0 Å². The number of hydrogen-bond donors (Lipinski definition) is 1. The van der Waals surface area contributed by atoms with Gasteiger partial charge in [0.1, 0.15) is 0 Å². The number of aryl methyl sites for hydroxylation is 2. The van der Waals surface area contributed by atoms with E-state index in [1.54, 1.807) is 0 Å². The molecule has 0 saturated carbocycles. The van der Waals surface area contributed by atoms with E-state index in [2.05, 4.69) is 44.3 Å². The van der Waals surface area contributed by atoms with E-state index < -0.39 is 0 Å². The minimum absolute atomic E-state index is 0. The Morgan fingerprint density at radius 2 is 1.82 bits per heavy atom. The molecule has 0 bridgehead atoms.